The largest absolute Gasteiger partial charge is 0.446 e. The van der Waals surface area contributed by atoms with Gasteiger partial charge in [0.25, 0.3) is 0 Å². The Labute approximate surface area is 125 Å². The molecule has 0 saturated carbocycles. The molecule has 0 bridgehead atoms. The molecule has 0 aliphatic heterocycles. The van der Waals surface area contributed by atoms with Crippen LogP contribution in [-0.4, -0.2) is 17.1 Å². The van der Waals surface area contributed by atoms with Crippen LogP contribution in [0.4, 0.5) is 0 Å². The molecule has 0 unspecified atom stereocenters. The molecule has 0 N–H and O–H groups in total. The van der Waals surface area contributed by atoms with Crippen molar-refractivity contribution in [1.29, 1.82) is 0 Å². The van der Waals surface area contributed by atoms with Gasteiger partial charge in [0.1, 0.15) is 5.15 Å². The van der Waals surface area contributed by atoms with Gasteiger partial charge in [0, 0.05) is 7.11 Å². The molecule has 17 heavy (non-hydrogen) atoms. The van der Waals surface area contributed by atoms with Crippen LogP contribution in [0.3, 0.4) is 0 Å². The zero-order valence-corrected chi connectivity index (χ0v) is 13.2. The molecule has 0 aliphatic rings. The molecule has 4 nitrogen and oxygen atoms in total. The lowest BCUT2D eigenvalue weighted by atomic mass is 10.3. The van der Waals surface area contributed by atoms with Crippen LogP contribution in [0.2, 0.25) is 5.15 Å². The summed E-state index contributed by atoms with van der Waals surface area (Å²) in [5.41, 5.74) is 0.746. The molecule has 90 valence electrons. The molecule has 2 aromatic heterocycles. The number of rotatable bonds is 3. The van der Waals surface area contributed by atoms with Crippen molar-refractivity contribution in [2.75, 3.05) is 7.11 Å². The van der Waals surface area contributed by atoms with Gasteiger partial charge >= 0.3 is 0 Å². The van der Waals surface area contributed by atoms with Crippen LogP contribution in [0.15, 0.2) is 21.2 Å². The van der Waals surface area contributed by atoms with E-state index < -0.39 is 0 Å². The Hall–Kier alpha value is -0.180. The summed E-state index contributed by atoms with van der Waals surface area (Å²) in [5, 5.41) is 0.398. The number of nitrogens with zero attached hydrogens (tertiary/aromatic N) is 2. The summed E-state index contributed by atoms with van der Waals surface area (Å²) >= 11 is 11.4. The van der Waals surface area contributed by atoms with E-state index in [-0.39, 0.29) is 0 Å². The second-order valence-electron chi connectivity index (χ2n) is 3.14. The normalized spacial score (nSPS) is 10.8. The monoisotopic (exact) mass is 428 g/mol. The molecule has 0 atom stereocenters. The highest BCUT2D eigenvalue weighted by Gasteiger charge is 2.14. The van der Waals surface area contributed by atoms with Crippen molar-refractivity contribution in [1.82, 2.24) is 9.97 Å². The fraction of sp³-hybridized carbons (Fsp3) is 0.200. The zero-order chi connectivity index (χ0) is 12.4. The highest BCUT2D eigenvalue weighted by atomic mass is 127. The average molecular weight is 429 g/mol. The summed E-state index contributed by atoms with van der Waals surface area (Å²) in [6.45, 7) is 0.384. The Morgan fingerprint density at radius 2 is 2.24 bits per heavy atom. The smallest absolute Gasteiger partial charge is 0.197 e. The molecule has 0 amide bonds. The van der Waals surface area contributed by atoms with Crippen molar-refractivity contribution in [2.24, 2.45) is 0 Å². The predicted molar refractivity (Wildman–Crippen MR) is 75.9 cm³/mol. The van der Waals surface area contributed by atoms with Gasteiger partial charge in [-0.1, -0.05) is 11.6 Å². The van der Waals surface area contributed by atoms with Gasteiger partial charge in [-0.3, -0.25) is 0 Å². The number of methoxy groups -OCH3 is 1. The molecule has 2 aromatic rings. The van der Waals surface area contributed by atoms with Gasteiger partial charge in [0.05, 0.1) is 15.9 Å². The minimum atomic E-state index is 0.384. The third-order valence-corrected chi connectivity index (χ3v) is 4.11. The highest BCUT2D eigenvalue weighted by Crippen LogP contribution is 2.26. The first-order valence-electron chi connectivity index (χ1n) is 4.58. The van der Waals surface area contributed by atoms with Crippen molar-refractivity contribution >= 4 is 50.1 Å². The van der Waals surface area contributed by atoms with Crippen LogP contribution < -0.4 is 0 Å². The quantitative estimate of drug-likeness (QED) is 0.549. The molecule has 2 rings (SSSR count). The van der Waals surface area contributed by atoms with E-state index in [1.165, 1.54) is 0 Å². The SMILES string of the molecule is COCc1nc(-c2ccc(Br)o2)nc(Cl)c1I. The molecular formula is C10H7BrClIN2O2. The number of furan rings is 1. The topological polar surface area (TPSA) is 48.2 Å². The van der Waals surface area contributed by atoms with E-state index in [9.17, 15) is 0 Å². The average Bonchev–Trinajstić information content (AvgIpc) is 2.71. The number of halogens is 3. The van der Waals surface area contributed by atoms with E-state index in [0.717, 1.165) is 9.26 Å². The van der Waals surface area contributed by atoms with E-state index in [2.05, 4.69) is 48.5 Å². The third-order valence-electron chi connectivity index (χ3n) is 1.95. The van der Waals surface area contributed by atoms with Gasteiger partial charge in [0.2, 0.25) is 0 Å². The lowest BCUT2D eigenvalue weighted by Gasteiger charge is -2.05. The maximum atomic E-state index is 6.04. The van der Waals surface area contributed by atoms with E-state index in [1.807, 2.05) is 0 Å². The summed E-state index contributed by atoms with van der Waals surface area (Å²) in [5.74, 6) is 1.01. The summed E-state index contributed by atoms with van der Waals surface area (Å²) in [7, 11) is 1.61. The van der Waals surface area contributed by atoms with Crippen LogP contribution in [0.1, 0.15) is 5.69 Å². The van der Waals surface area contributed by atoms with Gasteiger partial charge < -0.3 is 9.15 Å². The van der Waals surface area contributed by atoms with Crippen molar-refractivity contribution < 1.29 is 9.15 Å². The van der Waals surface area contributed by atoms with Crippen molar-refractivity contribution in [3.63, 3.8) is 0 Å². The number of hydrogen-bond donors (Lipinski definition) is 0. The first kappa shape index (κ1) is 13.3. The Morgan fingerprint density at radius 1 is 1.47 bits per heavy atom. The number of ether oxygens (including phenoxy) is 1. The fourth-order valence-electron chi connectivity index (χ4n) is 1.24. The summed E-state index contributed by atoms with van der Waals surface area (Å²) in [4.78, 5) is 8.54. The molecular weight excluding hydrogens is 422 g/mol. The van der Waals surface area contributed by atoms with Crippen LogP contribution >= 0.6 is 50.1 Å². The van der Waals surface area contributed by atoms with E-state index in [1.54, 1.807) is 19.2 Å². The Morgan fingerprint density at radius 3 is 2.82 bits per heavy atom. The standard InChI is InChI=1S/C10H7BrClIN2O2/c1-16-4-5-8(13)9(12)15-10(14-5)6-2-3-7(11)17-6/h2-3H,4H2,1H3. The third kappa shape index (κ3) is 2.98. The maximum absolute atomic E-state index is 6.04. The van der Waals surface area contributed by atoms with Crippen LogP contribution in [0.5, 0.6) is 0 Å². The highest BCUT2D eigenvalue weighted by molar-refractivity contribution is 14.1. The molecule has 0 aromatic carbocycles. The molecule has 0 saturated heterocycles. The predicted octanol–water partition coefficient (Wildman–Crippen LogP) is 3.90. The van der Waals surface area contributed by atoms with Crippen LogP contribution in [-0.2, 0) is 11.3 Å². The van der Waals surface area contributed by atoms with E-state index in [4.69, 9.17) is 20.8 Å². The van der Waals surface area contributed by atoms with Gasteiger partial charge in [0.15, 0.2) is 16.3 Å². The Balaban J connectivity index is 2.48. The Bertz CT molecular complexity index is 547. The molecule has 2 heterocycles. The van der Waals surface area contributed by atoms with Gasteiger partial charge in [-0.05, 0) is 50.7 Å². The van der Waals surface area contributed by atoms with Crippen molar-refractivity contribution in [3.8, 4) is 11.6 Å². The summed E-state index contributed by atoms with van der Waals surface area (Å²) in [6, 6.07) is 3.56. The first-order chi connectivity index (χ1) is 8.11. The minimum absolute atomic E-state index is 0.384. The van der Waals surface area contributed by atoms with Crippen LogP contribution in [0, 0.1) is 3.57 Å². The lowest BCUT2D eigenvalue weighted by molar-refractivity contribution is 0.181. The Kier molecular flexibility index (Phi) is 4.40. The number of aromatic nitrogens is 2. The summed E-state index contributed by atoms with van der Waals surface area (Å²) < 4.78 is 11.9. The molecule has 0 radical (unpaired) electrons. The van der Waals surface area contributed by atoms with Crippen molar-refractivity contribution in [3.05, 3.63) is 31.2 Å². The van der Waals surface area contributed by atoms with Gasteiger partial charge in [-0.2, -0.15) is 0 Å². The maximum Gasteiger partial charge on any atom is 0.197 e. The van der Waals surface area contributed by atoms with Crippen LogP contribution in [0.25, 0.3) is 11.6 Å². The summed E-state index contributed by atoms with van der Waals surface area (Å²) in [6.07, 6.45) is 0. The van der Waals surface area contributed by atoms with Gasteiger partial charge in [-0.15, -0.1) is 0 Å². The number of hydrogen-bond acceptors (Lipinski definition) is 4. The zero-order valence-electron chi connectivity index (χ0n) is 8.71. The molecule has 7 heteroatoms. The fourth-order valence-corrected chi connectivity index (χ4v) is 2.13. The second kappa shape index (κ2) is 5.64. The molecule has 0 spiro atoms. The molecule has 0 fully saturated rings. The molecule has 0 aliphatic carbocycles. The first-order valence-corrected chi connectivity index (χ1v) is 6.83. The van der Waals surface area contributed by atoms with E-state index in [0.29, 0.717) is 28.0 Å². The van der Waals surface area contributed by atoms with Gasteiger partial charge in [-0.25, -0.2) is 9.97 Å². The lowest BCUT2D eigenvalue weighted by Crippen LogP contribution is -2.01. The minimum Gasteiger partial charge on any atom is -0.446 e. The van der Waals surface area contributed by atoms with E-state index >= 15 is 0 Å². The second-order valence-corrected chi connectivity index (χ2v) is 5.35. The van der Waals surface area contributed by atoms with Crippen molar-refractivity contribution in [2.45, 2.75) is 6.61 Å².